The first-order valence-corrected chi connectivity index (χ1v) is 8.62. The number of likely N-dealkylation sites (N-methyl/N-ethyl adjacent to an activating group) is 1. The van der Waals surface area contributed by atoms with Crippen LogP contribution in [-0.2, 0) is 30.8 Å². The third-order valence-corrected chi connectivity index (χ3v) is 5.32. The molecule has 2 nitrogen and oxygen atoms in total. The van der Waals surface area contributed by atoms with Crippen molar-refractivity contribution in [2.45, 2.75) is 45.9 Å². The van der Waals surface area contributed by atoms with Crippen LogP contribution in [0.3, 0.4) is 0 Å². The average molecular weight is 301 g/mol. The molecule has 0 radical (unpaired) electrons. The van der Waals surface area contributed by atoms with Crippen molar-refractivity contribution in [1.29, 1.82) is 0 Å². The van der Waals surface area contributed by atoms with Gasteiger partial charge in [-0.25, -0.2) is 0 Å². The quantitative estimate of drug-likeness (QED) is 0.862. The van der Waals surface area contributed by atoms with Crippen molar-refractivity contribution in [3.63, 3.8) is 0 Å². The van der Waals surface area contributed by atoms with Crippen LogP contribution in [-0.4, -0.2) is 6.54 Å². The monoisotopic (exact) mass is 301 g/mol. The first-order valence-electron chi connectivity index (χ1n) is 7.80. The zero-order valence-electron chi connectivity index (χ0n) is 12.8. The summed E-state index contributed by atoms with van der Waals surface area (Å²) in [5.74, 6) is 0. The Morgan fingerprint density at radius 1 is 1.10 bits per heavy atom. The minimum absolute atomic E-state index is 0.393. The van der Waals surface area contributed by atoms with E-state index in [1.807, 2.05) is 11.3 Å². The summed E-state index contributed by atoms with van der Waals surface area (Å²) in [5, 5.41) is 3.63. The molecule has 1 atom stereocenters. The van der Waals surface area contributed by atoms with Crippen molar-refractivity contribution in [3.05, 3.63) is 56.8 Å². The standard InChI is InChI=1S/C18H23NOS/c1-3-16-7-8-17(21-16)10-18(19-4-2)13-5-6-14-11-20-12-15(14)9-13/h5-9,18-19H,3-4,10-12H2,1-2H3. The van der Waals surface area contributed by atoms with E-state index < -0.39 is 0 Å². The van der Waals surface area contributed by atoms with Gasteiger partial charge in [-0.05, 0) is 41.8 Å². The Bertz CT molecular complexity index is 605. The molecule has 3 heteroatoms. The number of nitrogens with one attached hydrogen (secondary N) is 1. The van der Waals surface area contributed by atoms with Gasteiger partial charge in [0.15, 0.2) is 0 Å². The molecule has 3 rings (SSSR count). The molecule has 1 unspecified atom stereocenters. The highest BCUT2D eigenvalue weighted by Gasteiger charge is 2.17. The Kier molecular flexibility index (Phi) is 4.73. The number of hydrogen-bond acceptors (Lipinski definition) is 3. The summed E-state index contributed by atoms with van der Waals surface area (Å²) in [4.78, 5) is 2.94. The minimum atomic E-state index is 0.393. The molecule has 1 aromatic carbocycles. The third-order valence-electron chi connectivity index (χ3n) is 4.07. The molecule has 0 saturated heterocycles. The largest absolute Gasteiger partial charge is 0.372 e. The van der Waals surface area contributed by atoms with Gasteiger partial charge in [0.1, 0.15) is 0 Å². The van der Waals surface area contributed by atoms with E-state index in [9.17, 15) is 0 Å². The molecule has 0 bridgehead atoms. The molecule has 1 aromatic heterocycles. The maximum atomic E-state index is 5.53. The maximum Gasteiger partial charge on any atom is 0.0725 e. The summed E-state index contributed by atoms with van der Waals surface area (Å²) in [7, 11) is 0. The van der Waals surface area contributed by atoms with Gasteiger partial charge in [-0.2, -0.15) is 0 Å². The highest BCUT2D eigenvalue weighted by Crippen LogP contribution is 2.28. The summed E-state index contributed by atoms with van der Waals surface area (Å²) < 4.78 is 5.53. The summed E-state index contributed by atoms with van der Waals surface area (Å²) >= 11 is 1.94. The van der Waals surface area contributed by atoms with E-state index in [4.69, 9.17) is 4.74 Å². The number of aryl methyl sites for hydroxylation is 1. The van der Waals surface area contributed by atoms with E-state index in [0.29, 0.717) is 6.04 Å². The highest BCUT2D eigenvalue weighted by molar-refractivity contribution is 7.11. The van der Waals surface area contributed by atoms with E-state index in [2.05, 4.69) is 49.5 Å². The summed E-state index contributed by atoms with van der Waals surface area (Å²) in [6, 6.07) is 11.8. The molecule has 0 aliphatic carbocycles. The lowest BCUT2D eigenvalue weighted by Gasteiger charge is -2.18. The average Bonchev–Trinajstić information content (AvgIpc) is 3.14. The second kappa shape index (κ2) is 6.73. The predicted molar refractivity (Wildman–Crippen MR) is 88.8 cm³/mol. The Morgan fingerprint density at radius 3 is 2.67 bits per heavy atom. The Balaban J connectivity index is 1.80. The first-order chi connectivity index (χ1) is 10.3. The Morgan fingerprint density at radius 2 is 1.90 bits per heavy atom. The van der Waals surface area contributed by atoms with E-state index in [1.54, 1.807) is 0 Å². The fourth-order valence-corrected chi connectivity index (χ4v) is 3.89. The van der Waals surface area contributed by atoms with Gasteiger partial charge >= 0.3 is 0 Å². The number of benzene rings is 1. The number of ether oxygens (including phenoxy) is 1. The predicted octanol–water partition coefficient (Wildman–Crippen LogP) is 4.23. The lowest BCUT2D eigenvalue weighted by molar-refractivity contribution is 0.134. The van der Waals surface area contributed by atoms with E-state index >= 15 is 0 Å². The van der Waals surface area contributed by atoms with Gasteiger partial charge in [0.25, 0.3) is 0 Å². The number of hydrogen-bond donors (Lipinski definition) is 1. The van der Waals surface area contributed by atoms with Crippen LogP contribution >= 0.6 is 11.3 Å². The SMILES string of the molecule is CCNC(Cc1ccc(CC)s1)c1ccc2c(c1)COC2. The molecule has 2 aromatic rings. The molecule has 2 heterocycles. The molecule has 0 spiro atoms. The van der Waals surface area contributed by atoms with Crippen LogP contribution in [0.15, 0.2) is 30.3 Å². The van der Waals surface area contributed by atoms with Gasteiger partial charge in [-0.15, -0.1) is 11.3 Å². The van der Waals surface area contributed by atoms with Crippen molar-refractivity contribution >= 4 is 11.3 Å². The molecular weight excluding hydrogens is 278 g/mol. The fraction of sp³-hybridized carbons (Fsp3) is 0.444. The Labute approximate surface area is 131 Å². The van der Waals surface area contributed by atoms with Crippen molar-refractivity contribution < 1.29 is 4.74 Å². The van der Waals surface area contributed by atoms with Gasteiger partial charge < -0.3 is 10.1 Å². The topological polar surface area (TPSA) is 21.3 Å². The summed E-state index contributed by atoms with van der Waals surface area (Å²) in [5.41, 5.74) is 4.08. The fourth-order valence-electron chi connectivity index (χ4n) is 2.89. The molecule has 1 N–H and O–H groups in total. The van der Waals surface area contributed by atoms with Gasteiger partial charge in [0, 0.05) is 22.2 Å². The second-order valence-electron chi connectivity index (χ2n) is 5.56. The first kappa shape index (κ1) is 14.8. The van der Waals surface area contributed by atoms with Crippen molar-refractivity contribution in [1.82, 2.24) is 5.32 Å². The maximum absolute atomic E-state index is 5.53. The van der Waals surface area contributed by atoms with Crippen LogP contribution < -0.4 is 5.32 Å². The number of thiophene rings is 1. The smallest absolute Gasteiger partial charge is 0.0725 e. The van der Waals surface area contributed by atoms with Crippen LogP contribution in [0.4, 0.5) is 0 Å². The molecule has 112 valence electrons. The van der Waals surface area contributed by atoms with Gasteiger partial charge in [0.05, 0.1) is 13.2 Å². The molecule has 0 fully saturated rings. The number of rotatable bonds is 6. The van der Waals surface area contributed by atoms with Crippen LogP contribution in [0.2, 0.25) is 0 Å². The van der Waals surface area contributed by atoms with Gasteiger partial charge in [-0.1, -0.05) is 32.0 Å². The van der Waals surface area contributed by atoms with Gasteiger partial charge in [0.2, 0.25) is 0 Å². The highest BCUT2D eigenvalue weighted by atomic mass is 32.1. The number of fused-ring (bicyclic) bond motifs is 1. The summed E-state index contributed by atoms with van der Waals surface area (Å²) in [6.07, 6.45) is 2.20. The Hall–Kier alpha value is -1.16. The normalized spacial score (nSPS) is 15.1. The molecule has 21 heavy (non-hydrogen) atoms. The van der Waals surface area contributed by atoms with E-state index in [1.165, 1.54) is 26.4 Å². The zero-order chi connectivity index (χ0) is 14.7. The summed E-state index contributed by atoms with van der Waals surface area (Å²) in [6.45, 7) is 6.92. The molecule has 0 amide bonds. The molecule has 0 saturated carbocycles. The minimum Gasteiger partial charge on any atom is -0.372 e. The van der Waals surface area contributed by atoms with Crippen LogP contribution in [0, 0.1) is 0 Å². The molecular formula is C18H23NOS. The van der Waals surface area contributed by atoms with Crippen LogP contribution in [0.25, 0.3) is 0 Å². The van der Waals surface area contributed by atoms with Crippen LogP contribution in [0.1, 0.15) is 46.3 Å². The lowest BCUT2D eigenvalue weighted by Crippen LogP contribution is -2.22. The van der Waals surface area contributed by atoms with Crippen molar-refractivity contribution in [2.24, 2.45) is 0 Å². The van der Waals surface area contributed by atoms with E-state index in [0.717, 1.165) is 32.6 Å². The molecule has 1 aliphatic rings. The zero-order valence-corrected chi connectivity index (χ0v) is 13.6. The second-order valence-corrected chi connectivity index (χ2v) is 6.81. The van der Waals surface area contributed by atoms with Crippen LogP contribution in [0.5, 0.6) is 0 Å². The van der Waals surface area contributed by atoms with Crippen molar-refractivity contribution in [3.8, 4) is 0 Å². The van der Waals surface area contributed by atoms with E-state index in [-0.39, 0.29) is 0 Å². The van der Waals surface area contributed by atoms with Gasteiger partial charge in [-0.3, -0.25) is 0 Å². The third kappa shape index (κ3) is 3.37. The van der Waals surface area contributed by atoms with Crippen molar-refractivity contribution in [2.75, 3.05) is 6.54 Å². The molecule has 1 aliphatic heterocycles. The lowest BCUT2D eigenvalue weighted by atomic mass is 9.98.